The molecular formula is C10H12ClF3N2O2. The summed E-state index contributed by atoms with van der Waals surface area (Å²) in [6.45, 7) is 4.01. The van der Waals surface area contributed by atoms with Gasteiger partial charge in [0.1, 0.15) is 11.8 Å². The molecule has 1 aromatic rings. The molecule has 1 heterocycles. The summed E-state index contributed by atoms with van der Waals surface area (Å²) in [6, 6.07) is 1.12. The number of hydrogen-bond donors (Lipinski definition) is 0. The molecule has 0 aromatic carbocycles. The van der Waals surface area contributed by atoms with E-state index >= 15 is 0 Å². The third-order valence-electron chi connectivity index (χ3n) is 1.71. The van der Waals surface area contributed by atoms with Crippen LogP contribution in [0.15, 0.2) is 6.07 Å². The quantitative estimate of drug-likeness (QED) is 0.616. The number of aromatic nitrogens is 2. The topological polar surface area (TPSA) is 44.2 Å². The summed E-state index contributed by atoms with van der Waals surface area (Å²) < 4.78 is 47.3. The highest BCUT2D eigenvalue weighted by molar-refractivity contribution is 6.29. The maximum Gasteiger partial charge on any atom is 0.451 e. The van der Waals surface area contributed by atoms with Crippen LogP contribution >= 0.6 is 11.6 Å². The van der Waals surface area contributed by atoms with Crippen molar-refractivity contribution >= 4 is 11.6 Å². The number of hydrogen-bond acceptors (Lipinski definition) is 4. The molecule has 0 saturated heterocycles. The normalized spacial score (nSPS) is 11.9. The van der Waals surface area contributed by atoms with Crippen LogP contribution in [-0.2, 0) is 10.9 Å². The Bertz CT molecular complexity index is 399. The molecule has 0 N–H and O–H groups in total. The van der Waals surface area contributed by atoms with Gasteiger partial charge in [0.25, 0.3) is 0 Å². The van der Waals surface area contributed by atoms with Crippen LogP contribution in [0.2, 0.25) is 5.15 Å². The molecule has 0 aliphatic heterocycles. The van der Waals surface area contributed by atoms with E-state index in [2.05, 4.69) is 9.97 Å². The van der Waals surface area contributed by atoms with E-state index in [0.29, 0.717) is 0 Å². The summed E-state index contributed by atoms with van der Waals surface area (Å²) in [5, 5.41) is -0.322. The number of ether oxygens (including phenoxy) is 2. The highest BCUT2D eigenvalue weighted by atomic mass is 35.5. The maximum atomic E-state index is 12.4. The predicted molar refractivity (Wildman–Crippen MR) is 58.6 cm³/mol. The Morgan fingerprint density at radius 3 is 2.50 bits per heavy atom. The van der Waals surface area contributed by atoms with E-state index in [9.17, 15) is 13.2 Å². The zero-order valence-corrected chi connectivity index (χ0v) is 10.5. The highest BCUT2D eigenvalue weighted by Gasteiger charge is 2.35. The standard InChI is InChI=1S/C10H12ClF3N2O2/c1-6(2)17-3-4-18-8-5-7(11)15-9(16-8)10(12,13)14/h5-6H,3-4H2,1-2H3. The Hall–Kier alpha value is -1.08. The van der Waals surface area contributed by atoms with E-state index in [1.54, 1.807) is 0 Å². The molecule has 0 unspecified atom stereocenters. The van der Waals surface area contributed by atoms with Gasteiger partial charge in [-0.05, 0) is 13.8 Å². The van der Waals surface area contributed by atoms with Crippen LogP contribution in [0.1, 0.15) is 19.7 Å². The first-order valence-corrected chi connectivity index (χ1v) is 5.53. The zero-order valence-electron chi connectivity index (χ0n) is 9.79. The number of alkyl halides is 3. The second-order valence-electron chi connectivity index (χ2n) is 3.62. The fourth-order valence-electron chi connectivity index (χ4n) is 1.03. The molecular weight excluding hydrogens is 273 g/mol. The van der Waals surface area contributed by atoms with Crippen molar-refractivity contribution in [3.63, 3.8) is 0 Å². The third-order valence-corrected chi connectivity index (χ3v) is 1.90. The number of rotatable bonds is 5. The predicted octanol–water partition coefficient (Wildman–Crippen LogP) is 2.95. The average Bonchev–Trinajstić information content (AvgIpc) is 2.22. The molecule has 0 atom stereocenters. The molecule has 0 radical (unpaired) electrons. The molecule has 8 heteroatoms. The van der Waals surface area contributed by atoms with Crippen molar-refractivity contribution in [3.05, 3.63) is 17.0 Å². The van der Waals surface area contributed by atoms with Crippen molar-refractivity contribution in [2.24, 2.45) is 0 Å². The third kappa shape index (κ3) is 5.05. The smallest absolute Gasteiger partial charge is 0.451 e. The van der Waals surface area contributed by atoms with Gasteiger partial charge in [-0.2, -0.15) is 18.2 Å². The zero-order chi connectivity index (χ0) is 13.8. The molecule has 102 valence electrons. The molecule has 4 nitrogen and oxygen atoms in total. The van der Waals surface area contributed by atoms with Gasteiger partial charge in [-0.15, -0.1) is 0 Å². The van der Waals surface area contributed by atoms with Crippen molar-refractivity contribution in [2.45, 2.75) is 26.1 Å². The van der Waals surface area contributed by atoms with Crippen molar-refractivity contribution in [3.8, 4) is 5.88 Å². The minimum Gasteiger partial charge on any atom is -0.475 e. The van der Waals surface area contributed by atoms with Crippen molar-refractivity contribution in [1.82, 2.24) is 9.97 Å². The summed E-state index contributed by atoms with van der Waals surface area (Å²) in [7, 11) is 0. The van der Waals surface area contributed by atoms with Gasteiger partial charge in [0.2, 0.25) is 11.7 Å². The lowest BCUT2D eigenvalue weighted by Crippen LogP contribution is -2.15. The second kappa shape index (κ2) is 6.19. The lowest BCUT2D eigenvalue weighted by Gasteiger charge is -2.10. The van der Waals surface area contributed by atoms with Crippen LogP contribution in [-0.4, -0.2) is 29.3 Å². The monoisotopic (exact) mass is 284 g/mol. The molecule has 0 aliphatic carbocycles. The summed E-state index contributed by atoms with van der Waals surface area (Å²) in [4.78, 5) is 6.30. The van der Waals surface area contributed by atoms with Gasteiger partial charge in [0, 0.05) is 6.07 Å². The molecule has 0 aliphatic rings. The van der Waals surface area contributed by atoms with Gasteiger partial charge >= 0.3 is 6.18 Å². The van der Waals surface area contributed by atoms with Crippen LogP contribution in [0.25, 0.3) is 0 Å². The van der Waals surface area contributed by atoms with E-state index < -0.39 is 12.0 Å². The summed E-state index contributed by atoms with van der Waals surface area (Å²) in [6.07, 6.45) is -4.63. The van der Waals surface area contributed by atoms with E-state index in [4.69, 9.17) is 21.1 Å². The van der Waals surface area contributed by atoms with Gasteiger partial charge in [0.05, 0.1) is 12.7 Å². The Balaban J connectivity index is 2.63. The van der Waals surface area contributed by atoms with Crippen molar-refractivity contribution < 1.29 is 22.6 Å². The summed E-state index contributed by atoms with van der Waals surface area (Å²) >= 11 is 5.46. The first kappa shape index (κ1) is 15.0. The molecule has 0 amide bonds. The van der Waals surface area contributed by atoms with Crippen LogP contribution < -0.4 is 4.74 Å². The second-order valence-corrected chi connectivity index (χ2v) is 4.01. The fraction of sp³-hybridized carbons (Fsp3) is 0.600. The fourth-order valence-corrected chi connectivity index (χ4v) is 1.20. The summed E-state index contributed by atoms with van der Waals surface area (Å²) in [5.74, 6) is -1.55. The average molecular weight is 285 g/mol. The van der Waals surface area contributed by atoms with Crippen LogP contribution in [0.5, 0.6) is 5.88 Å². The lowest BCUT2D eigenvalue weighted by atomic mass is 10.5. The van der Waals surface area contributed by atoms with Gasteiger partial charge in [-0.25, -0.2) is 4.98 Å². The van der Waals surface area contributed by atoms with Crippen LogP contribution in [0, 0.1) is 0 Å². The minimum absolute atomic E-state index is 0.0216. The molecule has 1 aromatic heterocycles. The lowest BCUT2D eigenvalue weighted by molar-refractivity contribution is -0.145. The molecule has 0 fully saturated rings. The van der Waals surface area contributed by atoms with E-state index in [0.717, 1.165) is 6.07 Å². The van der Waals surface area contributed by atoms with Gasteiger partial charge in [-0.3, -0.25) is 0 Å². The maximum absolute atomic E-state index is 12.4. The van der Waals surface area contributed by atoms with Crippen molar-refractivity contribution in [2.75, 3.05) is 13.2 Å². The number of nitrogens with zero attached hydrogens (tertiary/aromatic N) is 2. The van der Waals surface area contributed by atoms with Gasteiger partial charge in [0.15, 0.2) is 0 Å². The first-order chi connectivity index (χ1) is 8.29. The van der Waals surface area contributed by atoms with E-state index in [-0.39, 0.29) is 30.4 Å². The van der Waals surface area contributed by atoms with Crippen LogP contribution in [0.3, 0.4) is 0 Å². The van der Waals surface area contributed by atoms with E-state index in [1.165, 1.54) is 0 Å². The molecule has 0 saturated carbocycles. The SMILES string of the molecule is CC(C)OCCOc1cc(Cl)nc(C(F)(F)F)n1. The molecule has 1 rings (SSSR count). The highest BCUT2D eigenvalue weighted by Crippen LogP contribution is 2.28. The van der Waals surface area contributed by atoms with Gasteiger partial charge < -0.3 is 9.47 Å². The van der Waals surface area contributed by atoms with E-state index in [1.807, 2.05) is 13.8 Å². The van der Waals surface area contributed by atoms with Crippen molar-refractivity contribution in [1.29, 1.82) is 0 Å². The molecule has 0 bridgehead atoms. The number of halogens is 4. The Kier molecular flexibility index (Phi) is 5.15. The Morgan fingerprint density at radius 2 is 1.94 bits per heavy atom. The largest absolute Gasteiger partial charge is 0.475 e. The Morgan fingerprint density at radius 1 is 1.28 bits per heavy atom. The van der Waals surface area contributed by atoms with Gasteiger partial charge in [-0.1, -0.05) is 11.6 Å². The molecule has 18 heavy (non-hydrogen) atoms. The first-order valence-electron chi connectivity index (χ1n) is 5.15. The summed E-state index contributed by atoms with van der Waals surface area (Å²) in [5.41, 5.74) is 0. The molecule has 0 spiro atoms. The Labute approximate surface area is 107 Å². The van der Waals surface area contributed by atoms with Crippen LogP contribution in [0.4, 0.5) is 13.2 Å². The minimum atomic E-state index is -4.66.